The first-order chi connectivity index (χ1) is 14.8. The molecule has 1 aliphatic rings. The van der Waals surface area contributed by atoms with Crippen LogP contribution < -0.4 is 5.32 Å². The van der Waals surface area contributed by atoms with Crippen LogP contribution in [0.4, 0.5) is 0 Å². The number of aromatic nitrogens is 1. The Bertz CT molecular complexity index is 1100. The van der Waals surface area contributed by atoms with E-state index in [0.29, 0.717) is 17.2 Å². The molecule has 6 heteroatoms. The van der Waals surface area contributed by atoms with Crippen molar-refractivity contribution in [1.29, 1.82) is 0 Å². The minimum Gasteiger partial charge on any atom is -0.467 e. The van der Waals surface area contributed by atoms with E-state index in [2.05, 4.69) is 26.1 Å². The molecule has 2 aromatic heterocycles. The summed E-state index contributed by atoms with van der Waals surface area (Å²) in [6.45, 7) is 6.62. The van der Waals surface area contributed by atoms with Crippen LogP contribution >= 0.6 is 0 Å². The van der Waals surface area contributed by atoms with Gasteiger partial charge in [-0.3, -0.25) is 9.78 Å². The number of fused-ring (bicyclic) bond motifs is 2. The predicted octanol–water partition coefficient (Wildman–Crippen LogP) is 4.45. The fraction of sp³-hybridized carbons (Fsp3) is 0.400. The summed E-state index contributed by atoms with van der Waals surface area (Å²) in [6.07, 6.45) is 4.22. The number of aryl methyl sites for hydroxylation is 1. The Hall–Kier alpha value is -3.15. The van der Waals surface area contributed by atoms with Crippen molar-refractivity contribution in [3.63, 3.8) is 0 Å². The molecule has 0 radical (unpaired) electrons. The Morgan fingerprint density at radius 3 is 2.74 bits per heavy atom. The van der Waals surface area contributed by atoms with Crippen molar-refractivity contribution in [3.05, 3.63) is 65.2 Å². The minimum atomic E-state index is -0.474. The molecular weight excluding hydrogens is 392 g/mol. The smallest absolute Gasteiger partial charge is 0.339 e. The Morgan fingerprint density at radius 2 is 2.00 bits per heavy atom. The highest BCUT2D eigenvalue weighted by Gasteiger charge is 2.33. The van der Waals surface area contributed by atoms with Crippen LogP contribution in [0.2, 0.25) is 0 Å². The molecule has 1 aliphatic carbocycles. The lowest BCUT2D eigenvalue weighted by Crippen LogP contribution is -2.30. The van der Waals surface area contributed by atoms with Crippen molar-refractivity contribution in [1.82, 2.24) is 10.3 Å². The van der Waals surface area contributed by atoms with Crippen LogP contribution in [-0.2, 0) is 28.9 Å². The maximum atomic E-state index is 13.2. The van der Waals surface area contributed by atoms with Gasteiger partial charge in [0.1, 0.15) is 5.76 Å². The van der Waals surface area contributed by atoms with Gasteiger partial charge in [0.15, 0.2) is 6.61 Å². The van der Waals surface area contributed by atoms with Crippen LogP contribution in [0.3, 0.4) is 0 Å². The standard InChI is InChI=1S/C25H28N2O4/c1-25(2,3)16-10-11-21-19(13-16)23(18-8-4-5-9-20(18)27-21)24(29)31-15-22(28)26-14-17-7-6-12-30-17/h4-9,12,16H,10-11,13-15H2,1-3H3,(H,26,28). The van der Waals surface area contributed by atoms with Crippen LogP contribution in [0, 0.1) is 11.3 Å². The Morgan fingerprint density at radius 1 is 1.19 bits per heavy atom. The maximum absolute atomic E-state index is 13.2. The molecule has 0 fully saturated rings. The van der Waals surface area contributed by atoms with Gasteiger partial charge in [0, 0.05) is 11.1 Å². The van der Waals surface area contributed by atoms with Crippen LogP contribution in [-0.4, -0.2) is 23.5 Å². The van der Waals surface area contributed by atoms with Gasteiger partial charge in [-0.1, -0.05) is 39.0 Å². The van der Waals surface area contributed by atoms with Crippen LogP contribution in [0.15, 0.2) is 47.1 Å². The summed E-state index contributed by atoms with van der Waals surface area (Å²) in [7, 11) is 0. The average molecular weight is 421 g/mol. The quantitative estimate of drug-likeness (QED) is 0.617. The molecular formula is C25H28N2O4. The highest BCUT2D eigenvalue weighted by Crippen LogP contribution is 2.39. The Labute approximate surface area is 182 Å². The molecule has 1 atom stereocenters. The number of carbonyl (C=O) groups excluding carboxylic acids is 2. The molecule has 1 N–H and O–H groups in total. The van der Waals surface area contributed by atoms with E-state index in [1.165, 1.54) is 0 Å². The number of benzene rings is 1. The van der Waals surface area contributed by atoms with Gasteiger partial charge in [-0.15, -0.1) is 0 Å². The Balaban J connectivity index is 1.57. The van der Waals surface area contributed by atoms with E-state index in [1.807, 2.05) is 24.3 Å². The SMILES string of the molecule is CC(C)(C)C1CCc2nc3ccccc3c(C(=O)OCC(=O)NCc3ccco3)c2C1. The molecule has 0 saturated carbocycles. The van der Waals surface area contributed by atoms with E-state index in [-0.39, 0.29) is 24.5 Å². The molecule has 1 amide bonds. The zero-order valence-electron chi connectivity index (χ0n) is 18.2. The molecule has 0 aliphatic heterocycles. The normalized spacial score (nSPS) is 16.0. The highest BCUT2D eigenvalue weighted by molar-refractivity contribution is 6.05. The molecule has 0 bridgehead atoms. The van der Waals surface area contributed by atoms with E-state index >= 15 is 0 Å². The van der Waals surface area contributed by atoms with Gasteiger partial charge in [-0.2, -0.15) is 0 Å². The number of furan rings is 1. The van der Waals surface area contributed by atoms with Crippen LogP contribution in [0.5, 0.6) is 0 Å². The van der Waals surface area contributed by atoms with Crippen LogP contribution in [0.25, 0.3) is 10.9 Å². The molecule has 1 unspecified atom stereocenters. The number of nitrogens with zero attached hydrogens (tertiary/aromatic N) is 1. The van der Waals surface area contributed by atoms with Gasteiger partial charge in [-0.05, 0) is 54.4 Å². The highest BCUT2D eigenvalue weighted by atomic mass is 16.5. The topological polar surface area (TPSA) is 81.4 Å². The number of esters is 1. The first kappa shape index (κ1) is 21.1. The summed E-state index contributed by atoms with van der Waals surface area (Å²) in [6, 6.07) is 11.2. The summed E-state index contributed by atoms with van der Waals surface area (Å²) in [5.41, 5.74) is 3.40. The van der Waals surface area contributed by atoms with E-state index in [9.17, 15) is 9.59 Å². The maximum Gasteiger partial charge on any atom is 0.339 e. The number of ether oxygens (including phenoxy) is 1. The molecule has 1 aromatic carbocycles. The summed E-state index contributed by atoms with van der Waals surface area (Å²) in [4.78, 5) is 30.2. The lowest BCUT2D eigenvalue weighted by molar-refractivity contribution is -0.124. The van der Waals surface area contributed by atoms with Gasteiger partial charge in [-0.25, -0.2) is 4.79 Å². The minimum absolute atomic E-state index is 0.135. The number of pyridine rings is 1. The van der Waals surface area contributed by atoms with Gasteiger partial charge >= 0.3 is 5.97 Å². The molecule has 2 heterocycles. The van der Waals surface area contributed by atoms with Crippen molar-refractivity contribution >= 4 is 22.8 Å². The van der Waals surface area contributed by atoms with Crippen molar-refractivity contribution in [2.45, 2.75) is 46.6 Å². The fourth-order valence-electron chi connectivity index (χ4n) is 4.21. The lowest BCUT2D eigenvalue weighted by Gasteiger charge is -2.35. The average Bonchev–Trinajstić information content (AvgIpc) is 3.27. The monoisotopic (exact) mass is 420 g/mol. The zero-order valence-corrected chi connectivity index (χ0v) is 18.2. The zero-order chi connectivity index (χ0) is 22.0. The van der Waals surface area contributed by atoms with E-state index < -0.39 is 5.97 Å². The number of hydrogen-bond acceptors (Lipinski definition) is 5. The number of nitrogens with one attached hydrogen (secondary N) is 1. The van der Waals surface area contributed by atoms with E-state index in [1.54, 1.807) is 18.4 Å². The molecule has 0 saturated heterocycles. The summed E-state index contributed by atoms with van der Waals surface area (Å²) in [5.74, 6) is 0.246. The lowest BCUT2D eigenvalue weighted by atomic mass is 9.70. The van der Waals surface area contributed by atoms with Gasteiger partial charge in [0.25, 0.3) is 5.91 Å². The Kier molecular flexibility index (Phi) is 5.81. The second-order valence-electron chi connectivity index (χ2n) is 9.17. The second-order valence-corrected chi connectivity index (χ2v) is 9.17. The number of amides is 1. The van der Waals surface area contributed by atoms with Gasteiger partial charge in [0.2, 0.25) is 0 Å². The largest absolute Gasteiger partial charge is 0.467 e. The van der Waals surface area contributed by atoms with Crippen LogP contribution in [0.1, 0.15) is 54.6 Å². The summed E-state index contributed by atoms with van der Waals surface area (Å²) < 4.78 is 10.6. The molecule has 31 heavy (non-hydrogen) atoms. The number of para-hydroxylation sites is 1. The molecule has 6 nitrogen and oxygen atoms in total. The van der Waals surface area contributed by atoms with Crippen molar-refractivity contribution < 1.29 is 18.7 Å². The molecule has 162 valence electrons. The second kappa shape index (κ2) is 8.53. The van der Waals surface area contributed by atoms with Crippen molar-refractivity contribution in [3.8, 4) is 0 Å². The molecule has 0 spiro atoms. The predicted molar refractivity (Wildman–Crippen MR) is 118 cm³/mol. The fourth-order valence-corrected chi connectivity index (χ4v) is 4.21. The number of carbonyl (C=O) groups is 2. The third-order valence-corrected chi connectivity index (χ3v) is 6.06. The van der Waals surface area contributed by atoms with E-state index in [0.717, 1.165) is 41.4 Å². The van der Waals surface area contributed by atoms with Gasteiger partial charge in [0.05, 0.1) is 23.9 Å². The van der Waals surface area contributed by atoms with E-state index in [4.69, 9.17) is 14.1 Å². The van der Waals surface area contributed by atoms with Crippen molar-refractivity contribution in [2.24, 2.45) is 11.3 Å². The third-order valence-electron chi connectivity index (χ3n) is 6.06. The third kappa shape index (κ3) is 4.63. The molecule has 3 aromatic rings. The summed E-state index contributed by atoms with van der Waals surface area (Å²) >= 11 is 0. The first-order valence-corrected chi connectivity index (χ1v) is 10.7. The number of rotatable bonds is 5. The first-order valence-electron chi connectivity index (χ1n) is 10.7. The van der Waals surface area contributed by atoms with Gasteiger partial charge < -0.3 is 14.5 Å². The molecule has 4 rings (SSSR count). The summed E-state index contributed by atoms with van der Waals surface area (Å²) in [5, 5.41) is 3.47. The van der Waals surface area contributed by atoms with Crippen molar-refractivity contribution in [2.75, 3.05) is 6.61 Å². The number of hydrogen-bond donors (Lipinski definition) is 1.